The summed E-state index contributed by atoms with van der Waals surface area (Å²) in [5.74, 6) is -0.361. The van der Waals surface area contributed by atoms with Crippen LogP contribution in [0.4, 0.5) is 5.13 Å². The third-order valence-corrected chi connectivity index (χ3v) is 4.65. The maximum Gasteiger partial charge on any atom is 0.311 e. The topological polar surface area (TPSA) is 85.4 Å². The van der Waals surface area contributed by atoms with Crippen LogP contribution in [0.3, 0.4) is 0 Å². The van der Waals surface area contributed by atoms with Crippen LogP contribution < -0.4 is 4.72 Å². The predicted molar refractivity (Wildman–Crippen MR) is 79.3 cm³/mol. The highest BCUT2D eigenvalue weighted by Gasteiger charge is 2.18. The Bertz CT molecular complexity index is 558. The van der Waals surface area contributed by atoms with E-state index in [0.717, 1.165) is 11.3 Å². The van der Waals surface area contributed by atoms with Gasteiger partial charge in [-0.1, -0.05) is 20.8 Å². The normalized spacial score (nSPS) is 12.2. The van der Waals surface area contributed by atoms with Crippen LogP contribution in [0.15, 0.2) is 5.38 Å². The van der Waals surface area contributed by atoms with Crippen LogP contribution >= 0.6 is 11.3 Å². The molecule has 0 aliphatic carbocycles. The first kappa shape index (κ1) is 16.9. The molecule has 0 aromatic carbocycles. The first-order chi connectivity index (χ1) is 9.11. The first-order valence-electron chi connectivity index (χ1n) is 6.13. The Balaban J connectivity index is 2.62. The van der Waals surface area contributed by atoms with E-state index in [1.165, 1.54) is 7.11 Å². The number of methoxy groups -OCH3 is 1. The molecule has 0 amide bonds. The van der Waals surface area contributed by atoms with E-state index in [4.69, 9.17) is 0 Å². The minimum absolute atomic E-state index is 0.0384. The van der Waals surface area contributed by atoms with Gasteiger partial charge in [-0.25, -0.2) is 13.4 Å². The second-order valence-corrected chi connectivity index (χ2v) is 8.33. The van der Waals surface area contributed by atoms with E-state index < -0.39 is 16.0 Å². The lowest BCUT2D eigenvalue weighted by Crippen LogP contribution is -2.20. The summed E-state index contributed by atoms with van der Waals surface area (Å²) >= 11 is 1.15. The Kier molecular flexibility index (Phi) is 5.52. The zero-order chi connectivity index (χ0) is 15.4. The summed E-state index contributed by atoms with van der Waals surface area (Å²) in [5, 5.41) is 1.91. The molecule has 0 bridgehead atoms. The molecule has 0 saturated heterocycles. The van der Waals surface area contributed by atoms with Crippen molar-refractivity contribution in [1.29, 1.82) is 0 Å². The number of aromatic nitrogens is 1. The monoisotopic (exact) mass is 320 g/mol. The second kappa shape index (κ2) is 6.53. The van der Waals surface area contributed by atoms with E-state index in [1.807, 2.05) is 20.8 Å². The molecule has 0 saturated carbocycles. The minimum atomic E-state index is -3.41. The molecule has 0 aliphatic rings. The number of nitrogens with one attached hydrogen (secondary N) is 1. The summed E-state index contributed by atoms with van der Waals surface area (Å²) in [6.45, 7) is 5.96. The number of thiazole rings is 1. The van der Waals surface area contributed by atoms with Gasteiger partial charge in [0.25, 0.3) is 0 Å². The third-order valence-electron chi connectivity index (χ3n) is 2.47. The molecule has 1 heterocycles. The SMILES string of the molecule is COC(=O)Cc1csc(NS(=O)(=O)CCC(C)(C)C)n1. The number of carbonyl (C=O) groups excluding carboxylic acids is 1. The maximum atomic E-state index is 11.9. The van der Waals surface area contributed by atoms with Crippen LogP contribution in [-0.4, -0.2) is 32.2 Å². The second-order valence-electron chi connectivity index (χ2n) is 5.63. The number of carbonyl (C=O) groups is 1. The van der Waals surface area contributed by atoms with Gasteiger partial charge in [0.1, 0.15) is 0 Å². The number of nitrogens with zero attached hydrogens (tertiary/aromatic N) is 1. The Labute approximate surface area is 123 Å². The van der Waals surface area contributed by atoms with Crippen molar-refractivity contribution < 1.29 is 17.9 Å². The van der Waals surface area contributed by atoms with Crippen molar-refractivity contribution in [1.82, 2.24) is 4.98 Å². The van der Waals surface area contributed by atoms with E-state index in [9.17, 15) is 13.2 Å². The average molecular weight is 320 g/mol. The van der Waals surface area contributed by atoms with E-state index in [1.54, 1.807) is 5.38 Å². The molecule has 0 fully saturated rings. The fraction of sp³-hybridized carbons (Fsp3) is 0.667. The predicted octanol–water partition coefficient (Wildman–Crippen LogP) is 2.04. The molecule has 0 radical (unpaired) electrons. The molecule has 6 nitrogen and oxygen atoms in total. The van der Waals surface area contributed by atoms with Gasteiger partial charge in [0.2, 0.25) is 10.0 Å². The molecule has 1 aromatic rings. The van der Waals surface area contributed by atoms with Gasteiger partial charge >= 0.3 is 5.97 Å². The Morgan fingerprint density at radius 1 is 1.45 bits per heavy atom. The molecule has 20 heavy (non-hydrogen) atoms. The van der Waals surface area contributed by atoms with Gasteiger partial charge in [-0.15, -0.1) is 11.3 Å². The maximum absolute atomic E-state index is 11.9. The average Bonchev–Trinajstić information content (AvgIpc) is 2.72. The fourth-order valence-electron chi connectivity index (χ4n) is 1.28. The van der Waals surface area contributed by atoms with Crippen molar-refractivity contribution >= 4 is 32.5 Å². The van der Waals surface area contributed by atoms with Crippen LogP contribution in [-0.2, 0) is 26.0 Å². The lowest BCUT2D eigenvalue weighted by atomic mass is 9.94. The Hall–Kier alpha value is -1.15. The van der Waals surface area contributed by atoms with E-state index >= 15 is 0 Å². The molecule has 8 heteroatoms. The molecule has 114 valence electrons. The Morgan fingerprint density at radius 2 is 2.10 bits per heavy atom. The zero-order valence-electron chi connectivity index (χ0n) is 12.1. The van der Waals surface area contributed by atoms with Crippen molar-refractivity contribution in [2.45, 2.75) is 33.6 Å². The molecule has 0 aliphatic heterocycles. The Morgan fingerprint density at radius 3 is 2.65 bits per heavy atom. The summed E-state index contributed by atoms with van der Waals surface area (Å²) in [4.78, 5) is 15.1. The highest BCUT2D eigenvalue weighted by atomic mass is 32.2. The molecule has 0 unspecified atom stereocenters. The van der Waals surface area contributed by atoms with Gasteiger partial charge < -0.3 is 4.74 Å². The molecule has 1 N–H and O–H groups in total. The lowest BCUT2D eigenvalue weighted by Gasteiger charge is -2.17. The third kappa shape index (κ3) is 6.33. The van der Waals surface area contributed by atoms with Gasteiger partial charge in [-0.2, -0.15) is 0 Å². The van der Waals surface area contributed by atoms with Crippen LogP contribution in [0.1, 0.15) is 32.9 Å². The standard InChI is InChI=1S/C12H20N2O4S2/c1-12(2,3)5-6-20(16,17)14-11-13-9(8-19-11)7-10(15)18-4/h8H,5-7H2,1-4H3,(H,13,14). The van der Waals surface area contributed by atoms with Crippen molar-refractivity contribution in [2.24, 2.45) is 5.41 Å². The number of hydrogen-bond acceptors (Lipinski definition) is 6. The van der Waals surface area contributed by atoms with Gasteiger partial charge in [0, 0.05) is 5.38 Å². The minimum Gasteiger partial charge on any atom is -0.469 e. The molecule has 0 spiro atoms. The van der Waals surface area contributed by atoms with Gasteiger partial charge in [-0.05, 0) is 11.8 Å². The molecular weight excluding hydrogens is 300 g/mol. The summed E-state index contributed by atoms with van der Waals surface area (Å²) in [6.07, 6.45) is 0.597. The van der Waals surface area contributed by atoms with Gasteiger partial charge in [-0.3, -0.25) is 9.52 Å². The van der Waals surface area contributed by atoms with Crippen LogP contribution in [0.25, 0.3) is 0 Å². The van der Waals surface area contributed by atoms with Crippen molar-refractivity contribution in [3.8, 4) is 0 Å². The number of sulfonamides is 1. The lowest BCUT2D eigenvalue weighted by molar-refractivity contribution is -0.139. The van der Waals surface area contributed by atoms with Crippen LogP contribution in [0.5, 0.6) is 0 Å². The molecular formula is C12H20N2O4S2. The molecule has 1 rings (SSSR count). The van der Waals surface area contributed by atoms with Crippen LogP contribution in [0, 0.1) is 5.41 Å². The number of ether oxygens (including phenoxy) is 1. The van der Waals surface area contributed by atoms with Gasteiger partial charge in [0.15, 0.2) is 5.13 Å². The zero-order valence-corrected chi connectivity index (χ0v) is 13.7. The largest absolute Gasteiger partial charge is 0.469 e. The van der Waals surface area contributed by atoms with Crippen LogP contribution in [0.2, 0.25) is 0 Å². The molecule has 0 atom stereocenters. The summed E-state index contributed by atoms with van der Waals surface area (Å²) < 4.78 is 30.8. The smallest absolute Gasteiger partial charge is 0.311 e. The number of rotatable bonds is 6. The summed E-state index contributed by atoms with van der Waals surface area (Å²) in [7, 11) is -2.11. The quantitative estimate of drug-likeness (QED) is 0.811. The van der Waals surface area contributed by atoms with Crippen molar-refractivity contribution in [3.05, 3.63) is 11.1 Å². The van der Waals surface area contributed by atoms with E-state index in [-0.39, 0.29) is 22.7 Å². The molecule has 1 aromatic heterocycles. The highest BCUT2D eigenvalue weighted by molar-refractivity contribution is 7.92. The fourth-order valence-corrected chi connectivity index (χ4v) is 3.70. The number of hydrogen-bond donors (Lipinski definition) is 1. The van der Waals surface area contributed by atoms with Crippen molar-refractivity contribution in [3.63, 3.8) is 0 Å². The van der Waals surface area contributed by atoms with E-state index in [0.29, 0.717) is 12.1 Å². The number of anilines is 1. The van der Waals surface area contributed by atoms with Crippen molar-refractivity contribution in [2.75, 3.05) is 17.6 Å². The van der Waals surface area contributed by atoms with Gasteiger partial charge in [0.05, 0.1) is 25.0 Å². The highest BCUT2D eigenvalue weighted by Crippen LogP contribution is 2.21. The first-order valence-corrected chi connectivity index (χ1v) is 8.66. The van der Waals surface area contributed by atoms with E-state index in [2.05, 4.69) is 14.4 Å². The summed E-state index contributed by atoms with van der Waals surface area (Å²) in [6, 6.07) is 0. The number of esters is 1. The summed E-state index contributed by atoms with van der Waals surface area (Å²) in [5.41, 5.74) is 0.448.